The number of carboxylic acids is 3. The molecule has 24 heteroatoms. The zero-order chi connectivity index (χ0) is 48.6. The van der Waals surface area contributed by atoms with Crippen molar-refractivity contribution >= 4 is 35.8 Å². The maximum absolute atomic E-state index is 12.2. The van der Waals surface area contributed by atoms with E-state index in [1.54, 1.807) is 0 Å². The Morgan fingerprint density at radius 1 is 0.379 bits per heavy atom. The molecule has 0 aliphatic carbocycles. The minimum atomic E-state index is -1.52. The third kappa shape index (κ3) is 45.3. The minimum Gasteiger partial charge on any atom is -0.481 e. The van der Waals surface area contributed by atoms with E-state index in [4.69, 9.17) is 57.6 Å². The molecule has 0 bridgehead atoms. The standard InChI is InChI=1S/C42H79N5O19/c1-43-13-15-57-17-19-59-21-23-61-25-27-63-29-31-65-33-34-66-32-30-64-28-26-62-24-22-60-20-18-58-16-14-45-37(48)7-5-3-2-4-6-12-44-38(49)10-8-35(40(52)53)46-42(56)47-36(41(54)55)9-11-39(50)51/h35-36,43H,2-34H2,1H3,(H,44,49)(H,45,48)(H,50,51)(H,52,53)(H,54,55)(H2,46,47,56)/t35-,36-/m0/s1. The van der Waals surface area contributed by atoms with E-state index in [1.165, 1.54) is 0 Å². The van der Waals surface area contributed by atoms with E-state index in [-0.39, 0.29) is 25.2 Å². The van der Waals surface area contributed by atoms with Gasteiger partial charge in [-0.25, -0.2) is 14.4 Å². The second kappa shape index (κ2) is 47.7. The Kier molecular flexibility index (Phi) is 44.9. The van der Waals surface area contributed by atoms with Crippen molar-refractivity contribution in [3.63, 3.8) is 0 Å². The van der Waals surface area contributed by atoms with E-state index < -0.39 is 48.4 Å². The molecule has 66 heavy (non-hydrogen) atoms. The fourth-order valence-electron chi connectivity index (χ4n) is 5.28. The van der Waals surface area contributed by atoms with Gasteiger partial charge >= 0.3 is 23.9 Å². The molecule has 0 radical (unpaired) electrons. The number of hydrogen-bond acceptors (Lipinski definition) is 17. The Morgan fingerprint density at radius 2 is 0.697 bits per heavy atom. The van der Waals surface area contributed by atoms with Gasteiger partial charge in [0, 0.05) is 38.9 Å². The fraction of sp³-hybridized carbons (Fsp3) is 0.857. The number of amides is 4. The summed E-state index contributed by atoms with van der Waals surface area (Å²) in [7, 11) is 1.88. The van der Waals surface area contributed by atoms with E-state index in [9.17, 15) is 33.9 Å². The van der Waals surface area contributed by atoms with Crippen LogP contribution >= 0.6 is 0 Å². The largest absolute Gasteiger partial charge is 0.481 e. The number of carboxylic acid groups (broad SMARTS) is 3. The molecule has 0 aromatic rings. The normalized spacial score (nSPS) is 12.1. The molecular weight excluding hydrogens is 878 g/mol. The molecule has 0 heterocycles. The average Bonchev–Trinajstić information content (AvgIpc) is 3.28. The molecule has 0 fully saturated rings. The zero-order valence-corrected chi connectivity index (χ0v) is 38.9. The van der Waals surface area contributed by atoms with E-state index in [0.717, 1.165) is 32.2 Å². The average molecular weight is 958 g/mol. The maximum Gasteiger partial charge on any atom is 0.326 e. The van der Waals surface area contributed by atoms with Crippen LogP contribution in [0.15, 0.2) is 0 Å². The summed E-state index contributed by atoms with van der Waals surface area (Å²) in [5, 5.41) is 39.9. The molecule has 2 atom stereocenters. The molecule has 386 valence electrons. The van der Waals surface area contributed by atoms with Crippen LogP contribution in [0, 0.1) is 0 Å². The zero-order valence-electron chi connectivity index (χ0n) is 38.9. The van der Waals surface area contributed by atoms with Gasteiger partial charge in [-0.1, -0.05) is 19.3 Å². The molecule has 0 spiro atoms. The van der Waals surface area contributed by atoms with Gasteiger partial charge < -0.3 is 89.3 Å². The number of carbonyl (C=O) groups excluding carboxylic acids is 3. The summed E-state index contributed by atoms with van der Waals surface area (Å²) in [6.45, 7) is 11.2. The summed E-state index contributed by atoms with van der Waals surface area (Å²) in [5.74, 6) is -4.59. The first kappa shape index (κ1) is 62.2. The highest BCUT2D eigenvalue weighted by molar-refractivity contribution is 5.86. The van der Waals surface area contributed by atoms with Crippen LogP contribution in [-0.2, 0) is 71.3 Å². The van der Waals surface area contributed by atoms with Crippen molar-refractivity contribution in [3.8, 4) is 0 Å². The van der Waals surface area contributed by atoms with Crippen molar-refractivity contribution < 1.29 is 91.5 Å². The van der Waals surface area contributed by atoms with Crippen molar-refractivity contribution in [2.75, 3.05) is 159 Å². The van der Waals surface area contributed by atoms with Crippen molar-refractivity contribution in [2.24, 2.45) is 0 Å². The van der Waals surface area contributed by atoms with Gasteiger partial charge in [-0.15, -0.1) is 0 Å². The highest BCUT2D eigenvalue weighted by atomic mass is 16.6. The third-order valence-electron chi connectivity index (χ3n) is 8.83. The van der Waals surface area contributed by atoms with Gasteiger partial charge in [0.25, 0.3) is 0 Å². The van der Waals surface area contributed by atoms with Gasteiger partial charge in [0.05, 0.1) is 132 Å². The number of rotatable bonds is 51. The monoisotopic (exact) mass is 958 g/mol. The van der Waals surface area contributed by atoms with Crippen molar-refractivity contribution in [1.29, 1.82) is 0 Å². The van der Waals surface area contributed by atoms with Crippen LogP contribution in [0.4, 0.5) is 4.79 Å². The van der Waals surface area contributed by atoms with E-state index >= 15 is 0 Å². The number of likely N-dealkylation sites (N-methyl/N-ethyl adjacent to an activating group) is 1. The summed E-state index contributed by atoms with van der Waals surface area (Å²) in [6, 6.07) is -4.09. The summed E-state index contributed by atoms with van der Waals surface area (Å²) in [6.07, 6.45) is 3.01. The number of unbranched alkanes of at least 4 members (excludes halogenated alkanes) is 4. The van der Waals surface area contributed by atoms with Crippen molar-refractivity contribution in [2.45, 2.75) is 76.3 Å². The van der Waals surface area contributed by atoms with Crippen LogP contribution < -0.4 is 26.6 Å². The summed E-state index contributed by atoms with van der Waals surface area (Å²) in [4.78, 5) is 69.8. The van der Waals surface area contributed by atoms with Crippen molar-refractivity contribution in [3.05, 3.63) is 0 Å². The Morgan fingerprint density at radius 3 is 1.08 bits per heavy atom. The smallest absolute Gasteiger partial charge is 0.326 e. The highest BCUT2D eigenvalue weighted by Gasteiger charge is 2.25. The predicted molar refractivity (Wildman–Crippen MR) is 236 cm³/mol. The molecule has 4 amide bonds. The Bertz CT molecular complexity index is 1220. The number of aliphatic carboxylic acids is 3. The Balaban J connectivity index is 3.46. The SMILES string of the molecule is CNCCOCCOCCOCCOCCOCCOCCOCCOCCOCCOCCNC(=O)CCCCCCCNC(=O)CC[C@H](NC(=O)N[C@@H](CCC(=O)O)C(=O)O)C(=O)O. The lowest BCUT2D eigenvalue weighted by Gasteiger charge is -2.18. The van der Waals surface area contributed by atoms with Gasteiger partial charge in [0.15, 0.2) is 0 Å². The number of hydrogen-bond donors (Lipinski definition) is 8. The molecule has 0 saturated carbocycles. The van der Waals surface area contributed by atoms with Crippen molar-refractivity contribution in [1.82, 2.24) is 26.6 Å². The van der Waals surface area contributed by atoms with Crippen LogP contribution in [0.5, 0.6) is 0 Å². The highest BCUT2D eigenvalue weighted by Crippen LogP contribution is 2.06. The quantitative estimate of drug-likeness (QED) is 0.0366. The van der Waals surface area contributed by atoms with Gasteiger partial charge in [-0.2, -0.15) is 0 Å². The number of ether oxygens (including phenoxy) is 10. The molecule has 0 aromatic heterocycles. The van der Waals surface area contributed by atoms with Crippen LogP contribution in [0.2, 0.25) is 0 Å². The first-order chi connectivity index (χ1) is 32.1. The molecule has 0 saturated heterocycles. The molecule has 24 nitrogen and oxygen atoms in total. The molecular formula is C42H79N5O19. The molecule has 0 rings (SSSR count). The molecule has 8 N–H and O–H groups in total. The number of nitrogens with one attached hydrogen (secondary N) is 5. The van der Waals surface area contributed by atoms with E-state index in [0.29, 0.717) is 158 Å². The summed E-state index contributed by atoms with van der Waals surface area (Å²) < 4.78 is 54.6. The maximum atomic E-state index is 12.2. The second-order valence-electron chi connectivity index (χ2n) is 14.3. The summed E-state index contributed by atoms with van der Waals surface area (Å²) >= 11 is 0. The van der Waals surface area contributed by atoms with Gasteiger partial charge in [0.1, 0.15) is 12.1 Å². The van der Waals surface area contributed by atoms with Crippen LogP contribution in [0.3, 0.4) is 0 Å². The topological polar surface area (TPSA) is 316 Å². The molecule has 0 aliphatic heterocycles. The lowest BCUT2D eigenvalue weighted by atomic mass is 10.1. The van der Waals surface area contributed by atoms with Gasteiger partial charge in [-0.05, 0) is 32.7 Å². The molecule has 0 aromatic carbocycles. The minimum absolute atomic E-state index is 0.0557. The Labute approximate surface area is 388 Å². The summed E-state index contributed by atoms with van der Waals surface area (Å²) in [5.41, 5.74) is 0. The second-order valence-corrected chi connectivity index (χ2v) is 14.3. The van der Waals surface area contributed by atoms with Crippen LogP contribution in [0.25, 0.3) is 0 Å². The Hall–Kier alpha value is -3.82. The fourth-order valence-corrected chi connectivity index (χ4v) is 5.28. The molecule has 0 aliphatic rings. The predicted octanol–water partition coefficient (Wildman–Crippen LogP) is -0.205. The lowest BCUT2D eigenvalue weighted by molar-refractivity contribution is -0.141. The van der Waals surface area contributed by atoms with Gasteiger partial charge in [0.2, 0.25) is 11.8 Å². The van der Waals surface area contributed by atoms with Gasteiger partial charge in [-0.3, -0.25) is 14.4 Å². The first-order valence-electron chi connectivity index (χ1n) is 22.8. The van der Waals surface area contributed by atoms with E-state index in [1.807, 2.05) is 12.4 Å². The van der Waals surface area contributed by atoms with E-state index in [2.05, 4.69) is 21.3 Å². The van der Waals surface area contributed by atoms with Crippen LogP contribution in [-0.4, -0.2) is 222 Å². The molecule has 0 unspecified atom stereocenters. The van der Waals surface area contributed by atoms with Crippen LogP contribution in [0.1, 0.15) is 64.2 Å². The third-order valence-corrected chi connectivity index (χ3v) is 8.83. The number of carbonyl (C=O) groups is 6. The number of urea groups is 1. The first-order valence-corrected chi connectivity index (χ1v) is 22.8. The lowest BCUT2D eigenvalue weighted by Crippen LogP contribution is -2.51.